The molecule has 122 valence electrons. The van der Waals surface area contributed by atoms with Crippen LogP contribution in [0.2, 0.25) is 0 Å². The largest absolute Gasteiger partial charge is 0.465 e. The Balaban J connectivity index is 2.61. The highest BCUT2D eigenvalue weighted by Crippen LogP contribution is 2.18. The van der Waals surface area contributed by atoms with Crippen LogP contribution in [-0.4, -0.2) is 23.5 Å². The van der Waals surface area contributed by atoms with Crippen molar-refractivity contribution in [3.63, 3.8) is 0 Å². The maximum absolute atomic E-state index is 5.88. The second-order valence-corrected chi connectivity index (χ2v) is 6.60. The molecule has 3 nitrogen and oxygen atoms in total. The molecule has 1 N–H and O–H groups in total. The highest BCUT2D eigenvalue weighted by Gasteiger charge is 2.14. The molecule has 0 bridgehead atoms. The van der Waals surface area contributed by atoms with Gasteiger partial charge in [0.2, 0.25) is 0 Å². The zero-order valence-electron chi connectivity index (χ0n) is 14.8. The molecule has 1 rings (SSSR count). The lowest BCUT2D eigenvalue weighted by atomic mass is 10.1. The molecular formula is C18H34N2O. The normalized spacial score (nSPS) is 12.0. The van der Waals surface area contributed by atoms with Gasteiger partial charge in [0.25, 0.3) is 0 Å². The van der Waals surface area contributed by atoms with Gasteiger partial charge in [-0.25, -0.2) is 0 Å². The van der Waals surface area contributed by atoms with Gasteiger partial charge in [0, 0.05) is 24.2 Å². The zero-order valence-corrected chi connectivity index (χ0v) is 14.8. The van der Waals surface area contributed by atoms with Crippen molar-refractivity contribution in [1.82, 2.24) is 10.2 Å². The van der Waals surface area contributed by atoms with Crippen molar-refractivity contribution in [2.75, 3.05) is 6.54 Å². The van der Waals surface area contributed by atoms with Crippen LogP contribution in [0, 0.1) is 6.92 Å². The summed E-state index contributed by atoms with van der Waals surface area (Å²) in [6.45, 7) is 16.2. The maximum Gasteiger partial charge on any atom is 0.118 e. The molecule has 0 aromatic carbocycles. The van der Waals surface area contributed by atoms with E-state index in [2.05, 4.69) is 57.8 Å². The summed E-state index contributed by atoms with van der Waals surface area (Å²) in [5.74, 6) is 2.12. The number of unbranched alkanes of at least 4 members (excludes halogenated alkanes) is 2. The molecule has 0 fully saturated rings. The van der Waals surface area contributed by atoms with E-state index in [1.165, 1.54) is 31.4 Å². The van der Waals surface area contributed by atoms with Crippen LogP contribution in [0.1, 0.15) is 71.0 Å². The molecule has 0 amide bonds. The minimum absolute atomic E-state index is 0.486. The van der Waals surface area contributed by atoms with Gasteiger partial charge >= 0.3 is 0 Å². The summed E-state index contributed by atoms with van der Waals surface area (Å²) in [5, 5.41) is 3.41. The van der Waals surface area contributed by atoms with E-state index in [4.69, 9.17) is 4.42 Å². The van der Waals surface area contributed by atoms with Crippen LogP contribution < -0.4 is 5.32 Å². The van der Waals surface area contributed by atoms with Crippen LogP contribution in [0.3, 0.4) is 0 Å². The summed E-state index contributed by atoms with van der Waals surface area (Å²) in [4.78, 5) is 2.55. The molecule has 0 saturated carbocycles. The van der Waals surface area contributed by atoms with Gasteiger partial charge in [-0.1, -0.05) is 33.6 Å². The number of hydrogen-bond acceptors (Lipinski definition) is 3. The molecule has 0 unspecified atom stereocenters. The fourth-order valence-corrected chi connectivity index (χ4v) is 2.44. The lowest BCUT2D eigenvalue weighted by Gasteiger charge is -2.26. The van der Waals surface area contributed by atoms with Crippen molar-refractivity contribution >= 4 is 0 Å². The predicted octanol–water partition coefficient (Wildman–Crippen LogP) is 4.49. The Kier molecular flexibility index (Phi) is 8.05. The lowest BCUT2D eigenvalue weighted by molar-refractivity contribution is 0.207. The summed E-state index contributed by atoms with van der Waals surface area (Å²) in [6, 6.07) is 3.29. The first-order valence-electron chi connectivity index (χ1n) is 8.49. The lowest BCUT2D eigenvalue weighted by Crippen LogP contribution is -2.31. The van der Waals surface area contributed by atoms with Gasteiger partial charge in [-0.2, -0.15) is 0 Å². The van der Waals surface area contributed by atoms with Gasteiger partial charge in [0.05, 0.1) is 6.54 Å². The van der Waals surface area contributed by atoms with Gasteiger partial charge < -0.3 is 9.73 Å². The van der Waals surface area contributed by atoms with E-state index in [1.54, 1.807) is 0 Å². The van der Waals surface area contributed by atoms with Crippen LogP contribution >= 0.6 is 0 Å². The Hall–Kier alpha value is -0.800. The van der Waals surface area contributed by atoms with Crippen molar-refractivity contribution in [3.8, 4) is 0 Å². The molecule has 0 aliphatic carbocycles. The van der Waals surface area contributed by atoms with E-state index in [-0.39, 0.29) is 0 Å². The van der Waals surface area contributed by atoms with Gasteiger partial charge in [-0.05, 0) is 39.8 Å². The fourth-order valence-electron chi connectivity index (χ4n) is 2.44. The number of rotatable bonds is 10. The summed E-state index contributed by atoms with van der Waals surface area (Å²) < 4.78 is 5.88. The first-order chi connectivity index (χ1) is 9.93. The standard InChI is InChI=1S/C18H34N2O/c1-7-8-9-10-20(15(4)5)13-17-11-18(21-16(17)6)12-19-14(2)3/h11,14-15,19H,7-10,12-13H2,1-6H3. The van der Waals surface area contributed by atoms with Gasteiger partial charge in [-0.3, -0.25) is 4.90 Å². The van der Waals surface area contributed by atoms with Crippen LogP contribution in [0.15, 0.2) is 10.5 Å². The summed E-state index contributed by atoms with van der Waals surface area (Å²) in [7, 11) is 0. The van der Waals surface area contributed by atoms with Crippen LogP contribution in [-0.2, 0) is 13.1 Å². The van der Waals surface area contributed by atoms with Crippen molar-refractivity contribution in [2.45, 2.75) is 86.0 Å². The van der Waals surface area contributed by atoms with E-state index in [0.717, 1.165) is 24.6 Å². The van der Waals surface area contributed by atoms with Gasteiger partial charge in [-0.15, -0.1) is 0 Å². The SMILES string of the molecule is CCCCCN(Cc1cc(CNC(C)C)oc1C)C(C)C. The first kappa shape index (κ1) is 18.2. The number of nitrogens with one attached hydrogen (secondary N) is 1. The average molecular weight is 294 g/mol. The van der Waals surface area contributed by atoms with Crippen molar-refractivity contribution in [1.29, 1.82) is 0 Å². The molecule has 0 saturated heterocycles. The highest BCUT2D eigenvalue weighted by atomic mass is 16.3. The first-order valence-corrected chi connectivity index (χ1v) is 8.49. The molecule has 0 aliphatic heterocycles. The maximum atomic E-state index is 5.88. The third-order valence-electron chi connectivity index (χ3n) is 3.91. The molecule has 3 heteroatoms. The second kappa shape index (κ2) is 9.26. The third-order valence-corrected chi connectivity index (χ3v) is 3.91. The molecule has 21 heavy (non-hydrogen) atoms. The molecule has 0 spiro atoms. The molecule has 1 aromatic rings. The van der Waals surface area contributed by atoms with E-state index in [9.17, 15) is 0 Å². The zero-order chi connectivity index (χ0) is 15.8. The molecule has 1 aromatic heterocycles. The minimum Gasteiger partial charge on any atom is -0.465 e. The minimum atomic E-state index is 0.486. The van der Waals surface area contributed by atoms with E-state index in [1.807, 2.05) is 0 Å². The summed E-state index contributed by atoms with van der Waals surface area (Å²) in [5.41, 5.74) is 1.33. The molecule has 0 atom stereocenters. The Morgan fingerprint density at radius 2 is 1.90 bits per heavy atom. The van der Waals surface area contributed by atoms with Crippen LogP contribution in [0.4, 0.5) is 0 Å². The Morgan fingerprint density at radius 3 is 2.48 bits per heavy atom. The quantitative estimate of drug-likeness (QED) is 0.645. The second-order valence-electron chi connectivity index (χ2n) is 6.60. The van der Waals surface area contributed by atoms with Gasteiger partial charge in [0.1, 0.15) is 11.5 Å². The Bertz CT molecular complexity index is 396. The fraction of sp³-hybridized carbons (Fsp3) is 0.778. The molecular weight excluding hydrogens is 260 g/mol. The monoisotopic (exact) mass is 294 g/mol. The van der Waals surface area contributed by atoms with Crippen molar-refractivity contribution in [3.05, 3.63) is 23.2 Å². The number of nitrogens with zero attached hydrogens (tertiary/aromatic N) is 1. The summed E-state index contributed by atoms with van der Waals surface area (Å²) >= 11 is 0. The summed E-state index contributed by atoms with van der Waals surface area (Å²) in [6.07, 6.45) is 3.88. The predicted molar refractivity (Wildman–Crippen MR) is 90.5 cm³/mol. The van der Waals surface area contributed by atoms with Crippen LogP contribution in [0.25, 0.3) is 0 Å². The number of furan rings is 1. The molecule has 1 heterocycles. The topological polar surface area (TPSA) is 28.4 Å². The van der Waals surface area contributed by atoms with Crippen molar-refractivity contribution in [2.24, 2.45) is 0 Å². The van der Waals surface area contributed by atoms with E-state index >= 15 is 0 Å². The number of hydrogen-bond donors (Lipinski definition) is 1. The highest BCUT2D eigenvalue weighted by molar-refractivity contribution is 5.20. The van der Waals surface area contributed by atoms with Crippen molar-refractivity contribution < 1.29 is 4.42 Å². The number of aryl methyl sites for hydroxylation is 1. The Morgan fingerprint density at radius 1 is 1.19 bits per heavy atom. The smallest absolute Gasteiger partial charge is 0.118 e. The van der Waals surface area contributed by atoms with E-state index in [0.29, 0.717) is 12.1 Å². The Labute approximate surface area is 131 Å². The third kappa shape index (κ3) is 6.66. The molecule has 0 aliphatic rings. The van der Waals surface area contributed by atoms with Crippen LogP contribution in [0.5, 0.6) is 0 Å². The molecule has 0 radical (unpaired) electrons. The van der Waals surface area contributed by atoms with E-state index < -0.39 is 0 Å². The van der Waals surface area contributed by atoms with Gasteiger partial charge in [0.15, 0.2) is 0 Å². The average Bonchev–Trinajstić information content (AvgIpc) is 2.76.